The highest BCUT2D eigenvalue weighted by Crippen LogP contribution is 2.23. The first-order valence-corrected chi connectivity index (χ1v) is 13.6. The van der Waals surface area contributed by atoms with E-state index >= 15 is 0 Å². The van der Waals surface area contributed by atoms with Crippen molar-refractivity contribution in [3.05, 3.63) is 29.8 Å². The van der Waals surface area contributed by atoms with Crippen LogP contribution in [0.15, 0.2) is 29.2 Å². The second-order valence-corrected chi connectivity index (χ2v) is 12.1. The molecule has 0 saturated carbocycles. The number of nitrogens with zero attached hydrogens (tertiary/aromatic N) is 2. The average Bonchev–Trinajstić information content (AvgIpc) is 3.08. The number of carbonyl (C=O) groups excluding carboxylic acids is 1. The van der Waals surface area contributed by atoms with Gasteiger partial charge in [-0.15, -0.1) is 0 Å². The highest BCUT2D eigenvalue weighted by molar-refractivity contribution is 7.91. The van der Waals surface area contributed by atoms with Gasteiger partial charge in [-0.25, -0.2) is 16.8 Å². The van der Waals surface area contributed by atoms with Gasteiger partial charge in [-0.2, -0.15) is 4.31 Å². The lowest BCUT2D eigenvalue weighted by atomic mass is 10.1. The molecule has 1 aromatic carbocycles. The smallest absolute Gasteiger partial charge is 0.254 e. The molecule has 2 aliphatic heterocycles. The van der Waals surface area contributed by atoms with Crippen LogP contribution in [0, 0.1) is 0 Å². The van der Waals surface area contributed by atoms with Crippen molar-refractivity contribution in [1.29, 1.82) is 0 Å². The van der Waals surface area contributed by atoms with E-state index in [-0.39, 0.29) is 28.4 Å². The normalized spacial score (nSPS) is 22.4. The summed E-state index contributed by atoms with van der Waals surface area (Å²) < 4.78 is 50.8. The average molecular weight is 443 g/mol. The Bertz CT molecular complexity index is 920. The Balaban J connectivity index is 1.78. The summed E-state index contributed by atoms with van der Waals surface area (Å²) in [4.78, 5) is 14.9. The van der Waals surface area contributed by atoms with E-state index in [2.05, 4.69) is 0 Å². The van der Waals surface area contributed by atoms with E-state index in [0.29, 0.717) is 31.6 Å². The van der Waals surface area contributed by atoms with Gasteiger partial charge in [0, 0.05) is 31.2 Å². The molecule has 1 atom stereocenters. The van der Waals surface area contributed by atoms with Gasteiger partial charge in [0.05, 0.1) is 16.4 Å². The van der Waals surface area contributed by atoms with Crippen LogP contribution in [0.3, 0.4) is 0 Å². The highest BCUT2D eigenvalue weighted by Gasteiger charge is 2.35. The molecule has 2 fully saturated rings. The van der Waals surface area contributed by atoms with E-state index in [4.69, 9.17) is 0 Å². The number of rotatable bonds is 7. The number of piperidine rings is 1. The van der Waals surface area contributed by atoms with Gasteiger partial charge >= 0.3 is 0 Å². The van der Waals surface area contributed by atoms with Crippen LogP contribution in [-0.2, 0) is 19.9 Å². The van der Waals surface area contributed by atoms with Crippen LogP contribution in [0.2, 0.25) is 0 Å². The van der Waals surface area contributed by atoms with E-state index < -0.39 is 19.9 Å². The molecule has 162 valence electrons. The van der Waals surface area contributed by atoms with Gasteiger partial charge < -0.3 is 4.90 Å². The minimum atomic E-state index is -3.54. The van der Waals surface area contributed by atoms with Crippen molar-refractivity contribution in [2.24, 2.45) is 0 Å². The Labute approximate surface area is 174 Å². The van der Waals surface area contributed by atoms with Crippen LogP contribution < -0.4 is 0 Å². The van der Waals surface area contributed by atoms with Crippen LogP contribution in [0.4, 0.5) is 0 Å². The zero-order chi connectivity index (χ0) is 21.1. The standard InChI is InChI=1S/C20H30N2O5S2/c1-2-3-14-22(18-11-15-28(24,25)16-18)20(23)17-7-9-19(10-8-17)29(26,27)21-12-5-4-6-13-21/h7-10,18H,2-6,11-16H2,1H3/t18-/m0/s1. The van der Waals surface area contributed by atoms with Crippen LogP contribution in [0.5, 0.6) is 0 Å². The van der Waals surface area contributed by atoms with E-state index in [1.165, 1.54) is 16.4 Å². The molecule has 0 spiro atoms. The molecule has 2 heterocycles. The van der Waals surface area contributed by atoms with Crippen LogP contribution in [0.25, 0.3) is 0 Å². The number of amides is 1. The van der Waals surface area contributed by atoms with E-state index in [9.17, 15) is 21.6 Å². The topological polar surface area (TPSA) is 91.8 Å². The largest absolute Gasteiger partial charge is 0.335 e. The van der Waals surface area contributed by atoms with Gasteiger partial charge in [-0.3, -0.25) is 4.79 Å². The Morgan fingerprint density at radius 3 is 2.34 bits per heavy atom. The number of sulfonamides is 1. The lowest BCUT2D eigenvalue weighted by molar-refractivity contribution is 0.0694. The number of carbonyl (C=O) groups is 1. The molecule has 1 aromatic rings. The first kappa shape index (κ1) is 22.2. The number of sulfone groups is 1. The molecule has 0 unspecified atom stereocenters. The minimum absolute atomic E-state index is 0.00385. The third-order valence-electron chi connectivity index (χ3n) is 5.72. The van der Waals surface area contributed by atoms with E-state index in [1.807, 2.05) is 6.92 Å². The Morgan fingerprint density at radius 1 is 1.14 bits per heavy atom. The number of unbranched alkanes of at least 4 members (excludes halogenated alkanes) is 1. The fourth-order valence-electron chi connectivity index (χ4n) is 3.99. The quantitative estimate of drug-likeness (QED) is 0.646. The summed E-state index contributed by atoms with van der Waals surface area (Å²) in [5.74, 6) is -0.118. The van der Waals surface area contributed by atoms with Gasteiger partial charge in [-0.05, 0) is 49.9 Å². The van der Waals surface area contributed by atoms with Crippen molar-refractivity contribution in [3.8, 4) is 0 Å². The first-order chi connectivity index (χ1) is 13.7. The Hall–Kier alpha value is -1.45. The van der Waals surface area contributed by atoms with Gasteiger partial charge in [0.1, 0.15) is 0 Å². The number of hydrogen-bond acceptors (Lipinski definition) is 5. The monoisotopic (exact) mass is 442 g/mol. The second kappa shape index (κ2) is 9.14. The first-order valence-electron chi connectivity index (χ1n) is 10.4. The Kier molecular flexibility index (Phi) is 7.01. The second-order valence-electron chi connectivity index (χ2n) is 7.90. The lowest BCUT2D eigenvalue weighted by Crippen LogP contribution is -2.41. The summed E-state index contributed by atoms with van der Waals surface area (Å²) in [6.07, 6.45) is 4.93. The van der Waals surface area contributed by atoms with Crippen molar-refractivity contribution in [2.75, 3.05) is 31.1 Å². The summed E-state index contributed by atoms with van der Waals surface area (Å²) >= 11 is 0. The van der Waals surface area contributed by atoms with Crippen molar-refractivity contribution in [2.45, 2.75) is 56.4 Å². The molecule has 0 N–H and O–H groups in total. The fraction of sp³-hybridized carbons (Fsp3) is 0.650. The molecule has 2 saturated heterocycles. The van der Waals surface area contributed by atoms with Gasteiger partial charge in [0.2, 0.25) is 10.0 Å². The number of hydrogen-bond donors (Lipinski definition) is 0. The molecular weight excluding hydrogens is 412 g/mol. The van der Waals surface area contributed by atoms with Crippen molar-refractivity contribution < 1.29 is 21.6 Å². The molecule has 3 rings (SSSR count). The third-order valence-corrected chi connectivity index (χ3v) is 9.38. The summed E-state index contributed by atoms with van der Waals surface area (Å²) in [5.41, 5.74) is 0.392. The SMILES string of the molecule is CCCCN(C(=O)c1ccc(S(=O)(=O)N2CCCCC2)cc1)[C@H]1CCS(=O)(=O)C1. The maximum absolute atomic E-state index is 13.1. The summed E-state index contributed by atoms with van der Waals surface area (Å²) in [7, 11) is -6.64. The zero-order valence-corrected chi connectivity index (χ0v) is 18.6. The summed E-state index contributed by atoms with van der Waals surface area (Å²) in [6.45, 7) is 3.59. The van der Waals surface area contributed by atoms with Crippen LogP contribution in [0.1, 0.15) is 55.8 Å². The summed E-state index contributed by atoms with van der Waals surface area (Å²) in [5, 5.41) is 0. The van der Waals surface area contributed by atoms with Gasteiger partial charge in [0.15, 0.2) is 9.84 Å². The molecule has 0 aromatic heterocycles. The number of benzene rings is 1. The minimum Gasteiger partial charge on any atom is -0.335 e. The molecule has 0 radical (unpaired) electrons. The molecule has 9 heteroatoms. The van der Waals surface area contributed by atoms with Crippen molar-refractivity contribution >= 4 is 25.8 Å². The lowest BCUT2D eigenvalue weighted by Gasteiger charge is -2.28. The molecule has 0 bridgehead atoms. The highest BCUT2D eigenvalue weighted by atomic mass is 32.2. The predicted molar refractivity (Wildman–Crippen MR) is 112 cm³/mol. The molecule has 0 aliphatic carbocycles. The molecule has 2 aliphatic rings. The molecule has 1 amide bonds. The molecule has 29 heavy (non-hydrogen) atoms. The van der Waals surface area contributed by atoms with Gasteiger partial charge in [0.25, 0.3) is 5.91 Å². The van der Waals surface area contributed by atoms with Gasteiger partial charge in [-0.1, -0.05) is 19.8 Å². The molecule has 7 nitrogen and oxygen atoms in total. The molecular formula is C20H30N2O5S2. The van der Waals surface area contributed by atoms with Crippen LogP contribution in [-0.4, -0.2) is 69.1 Å². The fourth-order valence-corrected chi connectivity index (χ4v) is 7.24. The summed E-state index contributed by atoms with van der Waals surface area (Å²) in [6, 6.07) is 5.75. The van der Waals surface area contributed by atoms with E-state index in [0.717, 1.165) is 32.1 Å². The van der Waals surface area contributed by atoms with Crippen molar-refractivity contribution in [1.82, 2.24) is 9.21 Å². The predicted octanol–water partition coefficient (Wildman–Crippen LogP) is 2.29. The Morgan fingerprint density at radius 2 is 1.79 bits per heavy atom. The van der Waals surface area contributed by atoms with Crippen molar-refractivity contribution in [3.63, 3.8) is 0 Å². The zero-order valence-electron chi connectivity index (χ0n) is 16.9. The third kappa shape index (κ3) is 5.19. The maximum Gasteiger partial charge on any atom is 0.254 e. The van der Waals surface area contributed by atoms with Crippen LogP contribution >= 0.6 is 0 Å². The van der Waals surface area contributed by atoms with E-state index in [1.54, 1.807) is 17.0 Å². The maximum atomic E-state index is 13.1.